The molecule has 0 aromatic heterocycles. The van der Waals surface area contributed by atoms with E-state index >= 15 is 0 Å². The van der Waals surface area contributed by atoms with Gasteiger partial charge in [-0.1, -0.05) is 6.07 Å². The fourth-order valence-electron chi connectivity index (χ4n) is 1.69. The quantitative estimate of drug-likeness (QED) is 0.812. The van der Waals surface area contributed by atoms with Crippen molar-refractivity contribution in [2.45, 2.75) is 0 Å². The average molecular weight is 351 g/mol. The maximum absolute atomic E-state index is 11.8. The Balaban J connectivity index is 1.93. The van der Waals surface area contributed by atoms with Crippen LogP contribution in [0.25, 0.3) is 0 Å². The maximum atomic E-state index is 11.8. The molecule has 2 aromatic rings. The molecular weight excluding hydrogens is 336 g/mol. The van der Waals surface area contributed by atoms with Crippen LogP contribution in [-0.4, -0.2) is 19.6 Å². The topological polar surface area (TPSA) is 73.6 Å². The van der Waals surface area contributed by atoms with Gasteiger partial charge in [0.25, 0.3) is 5.91 Å². The summed E-state index contributed by atoms with van der Waals surface area (Å²) in [5, 5.41) is 2.73. The standard InChI is InChI=1S/C15H15BrN2O3/c1-20-14-8-11(5-6-13(14)16)18-15(19)9-21-12-4-2-3-10(17)7-12/h2-8H,9,17H2,1H3,(H,18,19). The summed E-state index contributed by atoms with van der Waals surface area (Å²) >= 11 is 3.35. The maximum Gasteiger partial charge on any atom is 0.262 e. The molecule has 0 saturated heterocycles. The highest BCUT2D eigenvalue weighted by molar-refractivity contribution is 9.10. The Morgan fingerprint density at radius 3 is 2.81 bits per heavy atom. The second-order valence-electron chi connectivity index (χ2n) is 4.26. The van der Waals surface area contributed by atoms with Gasteiger partial charge < -0.3 is 20.5 Å². The van der Waals surface area contributed by atoms with E-state index in [1.54, 1.807) is 49.6 Å². The van der Waals surface area contributed by atoms with Crippen molar-refractivity contribution in [3.05, 3.63) is 46.9 Å². The van der Waals surface area contributed by atoms with E-state index in [0.717, 1.165) is 4.47 Å². The minimum absolute atomic E-state index is 0.0954. The third-order valence-corrected chi connectivity index (χ3v) is 3.32. The lowest BCUT2D eigenvalue weighted by atomic mass is 10.3. The van der Waals surface area contributed by atoms with E-state index in [9.17, 15) is 4.79 Å². The van der Waals surface area contributed by atoms with Crippen molar-refractivity contribution in [1.82, 2.24) is 0 Å². The van der Waals surface area contributed by atoms with Gasteiger partial charge >= 0.3 is 0 Å². The van der Waals surface area contributed by atoms with Gasteiger partial charge in [0.05, 0.1) is 11.6 Å². The molecule has 0 saturated carbocycles. The molecule has 0 bridgehead atoms. The van der Waals surface area contributed by atoms with Crippen LogP contribution in [0.15, 0.2) is 46.9 Å². The van der Waals surface area contributed by atoms with Crippen LogP contribution in [0.2, 0.25) is 0 Å². The Hall–Kier alpha value is -2.21. The van der Waals surface area contributed by atoms with Crippen LogP contribution in [0, 0.1) is 0 Å². The van der Waals surface area contributed by atoms with E-state index < -0.39 is 0 Å². The zero-order valence-electron chi connectivity index (χ0n) is 11.4. The predicted octanol–water partition coefficient (Wildman–Crippen LogP) is 3.06. The molecule has 0 aliphatic heterocycles. The molecule has 5 nitrogen and oxygen atoms in total. The largest absolute Gasteiger partial charge is 0.495 e. The number of methoxy groups -OCH3 is 1. The average Bonchev–Trinajstić information content (AvgIpc) is 2.47. The number of hydrogen-bond acceptors (Lipinski definition) is 4. The highest BCUT2D eigenvalue weighted by Gasteiger charge is 2.06. The molecule has 0 atom stereocenters. The molecule has 1 amide bonds. The Labute approximate surface area is 131 Å². The molecule has 0 unspecified atom stereocenters. The molecule has 21 heavy (non-hydrogen) atoms. The Bertz CT molecular complexity index is 647. The van der Waals surface area contributed by atoms with E-state index in [4.69, 9.17) is 15.2 Å². The van der Waals surface area contributed by atoms with Gasteiger partial charge in [-0.25, -0.2) is 0 Å². The molecule has 6 heteroatoms. The Kier molecular flexibility index (Phi) is 5.05. The number of nitrogen functional groups attached to an aromatic ring is 1. The molecule has 0 aliphatic rings. The van der Waals surface area contributed by atoms with Crippen molar-refractivity contribution in [1.29, 1.82) is 0 Å². The second-order valence-corrected chi connectivity index (χ2v) is 5.11. The van der Waals surface area contributed by atoms with Gasteiger partial charge in [0.2, 0.25) is 0 Å². The van der Waals surface area contributed by atoms with Gasteiger partial charge in [0.15, 0.2) is 6.61 Å². The van der Waals surface area contributed by atoms with E-state index in [1.165, 1.54) is 0 Å². The van der Waals surface area contributed by atoms with E-state index in [0.29, 0.717) is 22.9 Å². The Morgan fingerprint density at radius 2 is 2.10 bits per heavy atom. The lowest BCUT2D eigenvalue weighted by molar-refractivity contribution is -0.118. The Morgan fingerprint density at radius 1 is 1.29 bits per heavy atom. The molecule has 0 heterocycles. The first-order valence-electron chi connectivity index (χ1n) is 6.20. The number of benzene rings is 2. The first-order chi connectivity index (χ1) is 10.1. The van der Waals surface area contributed by atoms with Crippen molar-refractivity contribution < 1.29 is 14.3 Å². The summed E-state index contributed by atoms with van der Waals surface area (Å²) in [5.41, 5.74) is 6.86. The third-order valence-electron chi connectivity index (χ3n) is 2.66. The summed E-state index contributed by atoms with van der Waals surface area (Å²) in [5.74, 6) is 0.935. The predicted molar refractivity (Wildman–Crippen MR) is 85.7 cm³/mol. The molecule has 3 N–H and O–H groups in total. The summed E-state index contributed by atoms with van der Waals surface area (Å²) < 4.78 is 11.4. The summed E-state index contributed by atoms with van der Waals surface area (Å²) in [6.45, 7) is -0.0954. The molecule has 0 radical (unpaired) electrons. The highest BCUT2D eigenvalue weighted by atomic mass is 79.9. The molecule has 0 spiro atoms. The normalized spacial score (nSPS) is 10.0. The number of nitrogens with one attached hydrogen (secondary N) is 1. The smallest absolute Gasteiger partial charge is 0.262 e. The van der Waals surface area contributed by atoms with E-state index in [1.807, 2.05) is 0 Å². The van der Waals surface area contributed by atoms with Crippen LogP contribution >= 0.6 is 15.9 Å². The first kappa shape index (κ1) is 15.2. The molecule has 2 aromatic carbocycles. The van der Waals surface area contributed by atoms with Crippen molar-refractivity contribution in [2.75, 3.05) is 24.8 Å². The van der Waals surface area contributed by atoms with Crippen molar-refractivity contribution in [2.24, 2.45) is 0 Å². The summed E-state index contributed by atoms with van der Waals surface area (Å²) in [6, 6.07) is 12.2. The van der Waals surface area contributed by atoms with Gasteiger partial charge in [0.1, 0.15) is 11.5 Å². The summed E-state index contributed by atoms with van der Waals surface area (Å²) in [6.07, 6.45) is 0. The van der Waals surface area contributed by atoms with Crippen LogP contribution in [0.3, 0.4) is 0 Å². The van der Waals surface area contributed by atoms with Crippen molar-refractivity contribution in [3.63, 3.8) is 0 Å². The number of halogens is 1. The summed E-state index contributed by atoms with van der Waals surface area (Å²) in [4.78, 5) is 11.8. The van der Waals surface area contributed by atoms with Crippen LogP contribution in [-0.2, 0) is 4.79 Å². The lowest BCUT2D eigenvalue weighted by Crippen LogP contribution is -2.20. The third kappa shape index (κ3) is 4.39. The number of nitrogens with two attached hydrogens (primary N) is 1. The van der Waals surface area contributed by atoms with Gasteiger partial charge in [-0.3, -0.25) is 4.79 Å². The highest BCUT2D eigenvalue weighted by Crippen LogP contribution is 2.27. The van der Waals surface area contributed by atoms with Gasteiger partial charge in [-0.2, -0.15) is 0 Å². The number of ether oxygens (including phenoxy) is 2. The number of amides is 1. The number of carbonyl (C=O) groups is 1. The minimum atomic E-state index is -0.262. The van der Waals surface area contributed by atoms with Crippen LogP contribution in [0.1, 0.15) is 0 Å². The molecule has 2 rings (SSSR count). The van der Waals surface area contributed by atoms with Crippen LogP contribution in [0.5, 0.6) is 11.5 Å². The zero-order chi connectivity index (χ0) is 15.2. The van der Waals surface area contributed by atoms with E-state index in [2.05, 4.69) is 21.2 Å². The molecule has 0 aliphatic carbocycles. The summed E-state index contributed by atoms with van der Waals surface area (Å²) in [7, 11) is 1.56. The van der Waals surface area contributed by atoms with Gasteiger partial charge in [-0.05, 0) is 40.2 Å². The number of carbonyl (C=O) groups excluding carboxylic acids is 1. The number of anilines is 2. The molecule has 110 valence electrons. The van der Waals surface area contributed by atoms with Crippen LogP contribution in [0.4, 0.5) is 11.4 Å². The van der Waals surface area contributed by atoms with E-state index in [-0.39, 0.29) is 12.5 Å². The van der Waals surface area contributed by atoms with Crippen molar-refractivity contribution >= 4 is 33.2 Å². The fraction of sp³-hybridized carbons (Fsp3) is 0.133. The van der Waals surface area contributed by atoms with Crippen molar-refractivity contribution in [3.8, 4) is 11.5 Å². The zero-order valence-corrected chi connectivity index (χ0v) is 13.0. The molecule has 0 fully saturated rings. The molecular formula is C15H15BrN2O3. The first-order valence-corrected chi connectivity index (χ1v) is 6.99. The fourth-order valence-corrected chi connectivity index (χ4v) is 2.10. The second kappa shape index (κ2) is 6.99. The number of rotatable bonds is 5. The van der Waals surface area contributed by atoms with Crippen LogP contribution < -0.4 is 20.5 Å². The number of hydrogen-bond donors (Lipinski definition) is 2. The SMILES string of the molecule is COc1cc(NC(=O)COc2cccc(N)c2)ccc1Br. The lowest BCUT2D eigenvalue weighted by Gasteiger charge is -2.10. The minimum Gasteiger partial charge on any atom is -0.495 e. The monoisotopic (exact) mass is 350 g/mol. The van der Waals surface area contributed by atoms with Gasteiger partial charge in [-0.15, -0.1) is 0 Å². The van der Waals surface area contributed by atoms with Gasteiger partial charge in [0, 0.05) is 23.5 Å².